The highest BCUT2D eigenvalue weighted by Gasteiger charge is 2.14. The Balaban J connectivity index is 2.19. The third-order valence-corrected chi connectivity index (χ3v) is 3.89. The van der Waals surface area contributed by atoms with Gasteiger partial charge >= 0.3 is 0 Å². The molecule has 0 aromatic heterocycles. The first-order chi connectivity index (χ1) is 9.70. The highest BCUT2D eigenvalue weighted by molar-refractivity contribution is 9.10. The predicted molar refractivity (Wildman–Crippen MR) is 85.5 cm³/mol. The van der Waals surface area contributed by atoms with Crippen molar-refractivity contribution in [3.05, 3.63) is 69.9 Å². The van der Waals surface area contributed by atoms with Gasteiger partial charge in [0.25, 0.3) is 0 Å². The molecule has 2 rings (SSSR count). The van der Waals surface area contributed by atoms with Crippen molar-refractivity contribution in [3.8, 4) is 0 Å². The summed E-state index contributed by atoms with van der Waals surface area (Å²) in [6.07, 6.45) is 0.704. The quantitative estimate of drug-likeness (QED) is 0.818. The zero-order valence-corrected chi connectivity index (χ0v) is 13.2. The Kier molecular flexibility index (Phi) is 5.74. The summed E-state index contributed by atoms with van der Waals surface area (Å²) >= 11 is 3.30. The van der Waals surface area contributed by atoms with Crippen molar-refractivity contribution in [1.82, 2.24) is 5.32 Å². The van der Waals surface area contributed by atoms with Crippen LogP contribution in [0.4, 0.5) is 4.39 Å². The highest BCUT2D eigenvalue weighted by Crippen LogP contribution is 2.23. The van der Waals surface area contributed by atoms with Crippen LogP contribution in [0.15, 0.2) is 53.0 Å². The first kappa shape index (κ1) is 15.2. The number of halogens is 2. The van der Waals surface area contributed by atoms with Crippen molar-refractivity contribution in [2.24, 2.45) is 0 Å². The fraction of sp³-hybridized carbons (Fsp3) is 0.294. The van der Waals surface area contributed by atoms with Gasteiger partial charge in [-0.1, -0.05) is 59.3 Å². The number of nitrogens with one attached hydrogen (secondary N) is 1. The van der Waals surface area contributed by atoms with Crippen molar-refractivity contribution >= 4 is 15.9 Å². The van der Waals surface area contributed by atoms with E-state index in [1.165, 1.54) is 11.6 Å². The Labute approximate surface area is 128 Å². The molecule has 0 saturated carbocycles. The number of hydrogen-bond donors (Lipinski definition) is 1. The van der Waals surface area contributed by atoms with Crippen molar-refractivity contribution in [1.29, 1.82) is 0 Å². The Morgan fingerprint density at radius 2 is 1.90 bits per heavy atom. The maximum Gasteiger partial charge on any atom is 0.127 e. The van der Waals surface area contributed by atoms with Crippen molar-refractivity contribution in [3.63, 3.8) is 0 Å². The van der Waals surface area contributed by atoms with E-state index in [0.717, 1.165) is 23.1 Å². The summed E-state index contributed by atoms with van der Waals surface area (Å²) < 4.78 is 14.8. The second-order valence-corrected chi connectivity index (χ2v) is 5.77. The summed E-state index contributed by atoms with van der Waals surface area (Å²) in [4.78, 5) is 0. The van der Waals surface area contributed by atoms with Crippen molar-refractivity contribution < 1.29 is 4.39 Å². The van der Waals surface area contributed by atoms with Gasteiger partial charge in [-0.15, -0.1) is 0 Å². The summed E-state index contributed by atoms with van der Waals surface area (Å²) in [6, 6.07) is 15.6. The molecule has 3 heteroatoms. The molecule has 1 atom stereocenters. The second-order valence-electron chi connectivity index (χ2n) is 4.86. The van der Waals surface area contributed by atoms with Gasteiger partial charge < -0.3 is 5.32 Å². The summed E-state index contributed by atoms with van der Waals surface area (Å²) in [6.45, 7) is 3.87. The first-order valence-electron chi connectivity index (χ1n) is 6.90. The second kappa shape index (κ2) is 7.55. The number of benzene rings is 2. The van der Waals surface area contributed by atoms with Gasteiger partial charge in [0.1, 0.15) is 5.82 Å². The molecule has 0 aliphatic carbocycles. The molecule has 0 amide bonds. The maximum absolute atomic E-state index is 14.0. The normalized spacial score (nSPS) is 12.3. The van der Waals surface area contributed by atoms with E-state index in [0.29, 0.717) is 6.42 Å². The number of likely N-dealkylation sites (N-methyl/N-ethyl adjacent to an activating group) is 1. The van der Waals surface area contributed by atoms with Crippen LogP contribution in [0.5, 0.6) is 0 Å². The standard InChI is InChI=1S/C17H19BrFN/c1-2-20-12-15(13-6-4-3-5-7-13)10-14-8-9-16(18)11-17(14)19/h3-9,11,15,20H,2,10,12H2,1H3. The van der Waals surface area contributed by atoms with Crippen LogP contribution in [0.2, 0.25) is 0 Å². The van der Waals surface area contributed by atoms with Gasteiger partial charge in [0, 0.05) is 16.9 Å². The van der Waals surface area contributed by atoms with Gasteiger partial charge in [0.15, 0.2) is 0 Å². The van der Waals surface area contributed by atoms with Crippen LogP contribution in [0.3, 0.4) is 0 Å². The van der Waals surface area contributed by atoms with E-state index in [2.05, 4.69) is 40.3 Å². The third-order valence-electron chi connectivity index (χ3n) is 3.39. The monoisotopic (exact) mass is 335 g/mol. The first-order valence-corrected chi connectivity index (χ1v) is 7.69. The Morgan fingerprint density at radius 1 is 1.15 bits per heavy atom. The van der Waals surface area contributed by atoms with E-state index in [4.69, 9.17) is 0 Å². The molecule has 0 aliphatic heterocycles. The lowest BCUT2D eigenvalue weighted by molar-refractivity contribution is 0.562. The van der Waals surface area contributed by atoms with Crippen LogP contribution < -0.4 is 5.32 Å². The zero-order chi connectivity index (χ0) is 14.4. The topological polar surface area (TPSA) is 12.0 Å². The van der Waals surface area contributed by atoms with E-state index in [1.807, 2.05) is 30.3 Å². The van der Waals surface area contributed by atoms with Crippen LogP contribution >= 0.6 is 15.9 Å². The lowest BCUT2D eigenvalue weighted by Crippen LogP contribution is -2.23. The largest absolute Gasteiger partial charge is 0.316 e. The van der Waals surface area contributed by atoms with Crippen molar-refractivity contribution in [2.75, 3.05) is 13.1 Å². The predicted octanol–water partition coefficient (Wildman–Crippen LogP) is 4.52. The molecule has 20 heavy (non-hydrogen) atoms. The molecule has 0 saturated heterocycles. The number of rotatable bonds is 6. The Morgan fingerprint density at radius 3 is 2.55 bits per heavy atom. The van der Waals surface area contributed by atoms with Crippen LogP contribution in [0.1, 0.15) is 24.0 Å². The van der Waals surface area contributed by atoms with E-state index < -0.39 is 0 Å². The molecule has 0 aliphatic rings. The molecule has 0 bridgehead atoms. The van der Waals surface area contributed by atoms with Gasteiger partial charge in [0.05, 0.1) is 0 Å². The minimum Gasteiger partial charge on any atom is -0.316 e. The molecular weight excluding hydrogens is 317 g/mol. The lowest BCUT2D eigenvalue weighted by atomic mass is 9.91. The van der Waals surface area contributed by atoms with Gasteiger partial charge in [-0.2, -0.15) is 0 Å². The van der Waals surface area contributed by atoms with Gasteiger partial charge in [-0.05, 0) is 36.2 Å². The minimum atomic E-state index is -0.142. The molecule has 1 nitrogen and oxygen atoms in total. The average Bonchev–Trinajstić information content (AvgIpc) is 2.46. The van der Waals surface area contributed by atoms with Gasteiger partial charge in [-0.25, -0.2) is 4.39 Å². The molecular formula is C17H19BrFN. The Hall–Kier alpha value is -1.19. The SMILES string of the molecule is CCNCC(Cc1ccc(Br)cc1F)c1ccccc1. The summed E-state index contributed by atoms with van der Waals surface area (Å²) in [7, 11) is 0. The van der Waals surface area contributed by atoms with Gasteiger partial charge in [-0.3, -0.25) is 0 Å². The van der Waals surface area contributed by atoms with Crippen molar-refractivity contribution in [2.45, 2.75) is 19.3 Å². The smallest absolute Gasteiger partial charge is 0.127 e. The fourth-order valence-electron chi connectivity index (χ4n) is 2.30. The van der Waals surface area contributed by atoms with E-state index in [-0.39, 0.29) is 11.7 Å². The molecule has 0 radical (unpaired) electrons. The minimum absolute atomic E-state index is 0.142. The molecule has 0 heterocycles. The molecule has 1 N–H and O–H groups in total. The van der Waals surface area contributed by atoms with Crippen LogP contribution in [-0.2, 0) is 6.42 Å². The van der Waals surface area contributed by atoms with E-state index >= 15 is 0 Å². The zero-order valence-electron chi connectivity index (χ0n) is 11.6. The van der Waals surface area contributed by atoms with Crippen LogP contribution in [0.25, 0.3) is 0 Å². The number of hydrogen-bond acceptors (Lipinski definition) is 1. The molecule has 0 fully saturated rings. The average molecular weight is 336 g/mol. The molecule has 0 spiro atoms. The summed E-state index contributed by atoms with van der Waals surface area (Å²) in [5.74, 6) is 0.142. The van der Waals surface area contributed by atoms with E-state index in [9.17, 15) is 4.39 Å². The van der Waals surface area contributed by atoms with E-state index in [1.54, 1.807) is 0 Å². The third kappa shape index (κ3) is 4.15. The summed E-state index contributed by atoms with van der Waals surface area (Å²) in [5, 5.41) is 3.37. The molecule has 2 aromatic rings. The van der Waals surface area contributed by atoms with Crippen LogP contribution in [-0.4, -0.2) is 13.1 Å². The Bertz CT molecular complexity index is 542. The maximum atomic E-state index is 14.0. The van der Waals surface area contributed by atoms with Gasteiger partial charge in [0.2, 0.25) is 0 Å². The molecule has 2 aromatic carbocycles. The van der Waals surface area contributed by atoms with Crippen LogP contribution in [0, 0.1) is 5.82 Å². The molecule has 106 valence electrons. The summed E-state index contributed by atoms with van der Waals surface area (Å²) in [5.41, 5.74) is 2.01. The molecule has 1 unspecified atom stereocenters. The fourth-order valence-corrected chi connectivity index (χ4v) is 2.64. The lowest BCUT2D eigenvalue weighted by Gasteiger charge is -2.18. The highest BCUT2D eigenvalue weighted by atomic mass is 79.9.